The first-order valence-corrected chi connectivity index (χ1v) is 4.43. The first kappa shape index (κ1) is 8.78. The molecule has 0 bridgehead atoms. The van der Waals surface area contributed by atoms with Crippen molar-refractivity contribution in [3.63, 3.8) is 0 Å². The van der Waals surface area contributed by atoms with E-state index in [4.69, 9.17) is 4.74 Å². The number of rotatable bonds is 1. The highest BCUT2D eigenvalue weighted by Gasteiger charge is 2.23. The first-order valence-electron chi connectivity index (χ1n) is 3.63. The lowest BCUT2D eigenvalue weighted by Gasteiger charge is -2.09. The van der Waals surface area contributed by atoms with E-state index in [0.717, 1.165) is 17.3 Å². The summed E-state index contributed by atoms with van der Waals surface area (Å²) in [6.45, 7) is 3.49. The maximum absolute atomic E-state index is 10.6. The van der Waals surface area contributed by atoms with Gasteiger partial charge in [0.2, 0.25) is 0 Å². The van der Waals surface area contributed by atoms with Crippen LogP contribution in [0.4, 0.5) is 0 Å². The van der Waals surface area contributed by atoms with Crippen molar-refractivity contribution in [1.29, 1.82) is 0 Å². The molecule has 0 aliphatic heterocycles. The third-order valence-electron chi connectivity index (χ3n) is 1.78. The molecule has 0 aromatic heterocycles. The molecule has 0 radical (unpaired) electrons. The lowest BCUT2D eigenvalue weighted by atomic mass is 10.3. The highest BCUT2D eigenvalue weighted by Crippen LogP contribution is 2.32. The number of esters is 1. The first-order chi connectivity index (χ1) is 5.11. The molecule has 1 aliphatic rings. The highest BCUT2D eigenvalue weighted by molar-refractivity contribution is 9.11. The molecule has 0 fully saturated rings. The number of halogens is 1. The Morgan fingerprint density at radius 1 is 1.73 bits per heavy atom. The van der Waals surface area contributed by atoms with Crippen LogP contribution in [0.2, 0.25) is 0 Å². The summed E-state index contributed by atoms with van der Waals surface area (Å²) in [5.74, 6) is -0.207. The summed E-state index contributed by atoms with van der Waals surface area (Å²) in [6, 6.07) is 0. The van der Waals surface area contributed by atoms with Gasteiger partial charge in [0.05, 0.1) is 0 Å². The third kappa shape index (κ3) is 2.06. The molecule has 0 aromatic carbocycles. The second-order valence-corrected chi connectivity index (χ2v) is 3.62. The van der Waals surface area contributed by atoms with Crippen molar-refractivity contribution in [1.82, 2.24) is 0 Å². The van der Waals surface area contributed by atoms with E-state index in [1.54, 1.807) is 0 Å². The predicted molar refractivity (Wildman–Crippen MR) is 46.4 cm³/mol. The van der Waals surface area contributed by atoms with Gasteiger partial charge in [-0.2, -0.15) is 0 Å². The highest BCUT2D eigenvalue weighted by atomic mass is 79.9. The summed E-state index contributed by atoms with van der Waals surface area (Å²) in [5.41, 5.74) is 1.29. The summed E-state index contributed by atoms with van der Waals surface area (Å²) in [7, 11) is 0. The molecule has 1 aliphatic carbocycles. The Morgan fingerprint density at radius 2 is 2.36 bits per heavy atom. The van der Waals surface area contributed by atoms with Crippen molar-refractivity contribution in [2.75, 3.05) is 0 Å². The summed E-state index contributed by atoms with van der Waals surface area (Å²) in [4.78, 5) is 10.6. The van der Waals surface area contributed by atoms with E-state index >= 15 is 0 Å². The second-order valence-electron chi connectivity index (χ2n) is 2.77. The lowest BCUT2D eigenvalue weighted by Crippen LogP contribution is -2.12. The van der Waals surface area contributed by atoms with E-state index < -0.39 is 0 Å². The number of allylic oxidation sites excluding steroid dienone is 1. The molecule has 0 unspecified atom stereocenters. The molecule has 2 nitrogen and oxygen atoms in total. The summed E-state index contributed by atoms with van der Waals surface area (Å²) >= 11 is 3.40. The predicted octanol–water partition coefficient (Wildman–Crippen LogP) is 2.38. The Bertz CT molecular complexity index is 208. The molecule has 0 heterocycles. The molecule has 0 amide bonds. The van der Waals surface area contributed by atoms with Gasteiger partial charge in [-0.05, 0) is 19.8 Å². The molecule has 0 spiro atoms. The third-order valence-corrected chi connectivity index (χ3v) is 2.97. The summed E-state index contributed by atoms with van der Waals surface area (Å²) in [6.07, 6.45) is 1.93. The molecule has 1 rings (SSSR count). The van der Waals surface area contributed by atoms with Crippen LogP contribution in [-0.2, 0) is 9.53 Å². The zero-order valence-corrected chi connectivity index (χ0v) is 8.27. The van der Waals surface area contributed by atoms with Gasteiger partial charge in [-0.1, -0.05) is 21.5 Å². The van der Waals surface area contributed by atoms with Gasteiger partial charge in [0.25, 0.3) is 0 Å². The van der Waals surface area contributed by atoms with Gasteiger partial charge in [-0.15, -0.1) is 0 Å². The van der Waals surface area contributed by atoms with Crippen molar-refractivity contribution in [3.05, 3.63) is 10.1 Å². The fraction of sp³-hybridized carbons (Fsp3) is 0.625. The van der Waals surface area contributed by atoms with E-state index in [0.29, 0.717) is 0 Å². The minimum absolute atomic E-state index is 0.0208. The van der Waals surface area contributed by atoms with Crippen molar-refractivity contribution in [3.8, 4) is 0 Å². The molecule has 11 heavy (non-hydrogen) atoms. The number of hydrogen-bond acceptors (Lipinski definition) is 2. The largest absolute Gasteiger partial charge is 0.457 e. The Labute approximate surface area is 74.7 Å². The Hall–Kier alpha value is -0.310. The molecule has 0 aromatic rings. The van der Waals surface area contributed by atoms with Gasteiger partial charge < -0.3 is 4.74 Å². The summed E-state index contributed by atoms with van der Waals surface area (Å²) < 4.78 is 6.10. The van der Waals surface area contributed by atoms with Gasteiger partial charge in [0.1, 0.15) is 6.10 Å². The maximum Gasteiger partial charge on any atom is 0.303 e. The van der Waals surface area contributed by atoms with Crippen LogP contribution in [0, 0.1) is 0 Å². The van der Waals surface area contributed by atoms with Crippen molar-refractivity contribution in [2.24, 2.45) is 0 Å². The van der Waals surface area contributed by atoms with Crippen molar-refractivity contribution < 1.29 is 9.53 Å². The SMILES string of the molecule is CC(=O)O[C@@H]1CCC(C)=C1Br. The molecule has 0 N–H and O–H groups in total. The van der Waals surface area contributed by atoms with E-state index in [-0.39, 0.29) is 12.1 Å². The van der Waals surface area contributed by atoms with Crippen LogP contribution in [0.5, 0.6) is 0 Å². The van der Waals surface area contributed by atoms with Crippen LogP contribution in [-0.4, -0.2) is 12.1 Å². The molecular formula is C8H11BrO2. The minimum Gasteiger partial charge on any atom is -0.457 e. The quantitative estimate of drug-likeness (QED) is 0.633. The molecule has 0 saturated heterocycles. The fourth-order valence-corrected chi connectivity index (χ4v) is 1.70. The Morgan fingerprint density at radius 3 is 2.73 bits per heavy atom. The number of hydrogen-bond donors (Lipinski definition) is 0. The van der Waals surface area contributed by atoms with Gasteiger partial charge in [0, 0.05) is 11.4 Å². The lowest BCUT2D eigenvalue weighted by molar-refractivity contribution is -0.144. The van der Waals surface area contributed by atoms with Crippen LogP contribution in [0.3, 0.4) is 0 Å². The zero-order chi connectivity index (χ0) is 8.43. The molecule has 62 valence electrons. The monoisotopic (exact) mass is 218 g/mol. The van der Waals surface area contributed by atoms with Crippen molar-refractivity contribution in [2.45, 2.75) is 32.8 Å². The standard InChI is InChI=1S/C8H11BrO2/c1-5-3-4-7(8(5)9)11-6(2)10/h7H,3-4H2,1-2H3/t7-/m1/s1. The smallest absolute Gasteiger partial charge is 0.303 e. The molecular weight excluding hydrogens is 208 g/mol. The normalized spacial score (nSPS) is 24.1. The topological polar surface area (TPSA) is 26.3 Å². The number of carbonyl (C=O) groups is 1. The van der Waals surface area contributed by atoms with Gasteiger partial charge in [-0.3, -0.25) is 4.79 Å². The average Bonchev–Trinajstić information content (AvgIpc) is 2.18. The van der Waals surface area contributed by atoms with Gasteiger partial charge in [-0.25, -0.2) is 0 Å². The van der Waals surface area contributed by atoms with Crippen LogP contribution in [0.15, 0.2) is 10.1 Å². The van der Waals surface area contributed by atoms with E-state index in [2.05, 4.69) is 15.9 Å². The Kier molecular flexibility index (Phi) is 2.71. The maximum atomic E-state index is 10.6. The molecule has 3 heteroatoms. The number of ether oxygens (including phenoxy) is 1. The molecule has 1 atom stereocenters. The average molecular weight is 219 g/mol. The summed E-state index contributed by atoms with van der Waals surface area (Å²) in [5, 5.41) is 0. The van der Waals surface area contributed by atoms with Crippen molar-refractivity contribution >= 4 is 21.9 Å². The Balaban J connectivity index is 2.57. The fourth-order valence-electron chi connectivity index (χ4n) is 1.18. The zero-order valence-electron chi connectivity index (χ0n) is 6.69. The van der Waals surface area contributed by atoms with E-state index in [1.165, 1.54) is 12.5 Å². The van der Waals surface area contributed by atoms with Crippen LogP contribution >= 0.6 is 15.9 Å². The second kappa shape index (κ2) is 3.39. The molecule has 0 saturated carbocycles. The van der Waals surface area contributed by atoms with Crippen LogP contribution in [0.1, 0.15) is 26.7 Å². The van der Waals surface area contributed by atoms with Gasteiger partial charge >= 0.3 is 5.97 Å². The van der Waals surface area contributed by atoms with Gasteiger partial charge in [0.15, 0.2) is 0 Å². The minimum atomic E-state index is -0.207. The van der Waals surface area contributed by atoms with E-state index in [9.17, 15) is 4.79 Å². The van der Waals surface area contributed by atoms with Crippen LogP contribution in [0.25, 0.3) is 0 Å². The van der Waals surface area contributed by atoms with Crippen LogP contribution < -0.4 is 0 Å². The van der Waals surface area contributed by atoms with E-state index in [1.807, 2.05) is 6.92 Å². The number of carbonyl (C=O) groups excluding carboxylic acids is 1.